The number of nitrogens with one attached hydrogen (secondary N) is 1. The summed E-state index contributed by atoms with van der Waals surface area (Å²) >= 11 is 0. The first-order chi connectivity index (χ1) is 10.7. The van der Waals surface area contributed by atoms with Crippen LogP contribution in [0.5, 0.6) is 0 Å². The molecule has 3 amide bonds. The molecule has 0 fully saturated rings. The maximum atomic E-state index is 12.0. The van der Waals surface area contributed by atoms with Crippen molar-refractivity contribution >= 4 is 34.8 Å². The second-order valence-electron chi connectivity index (χ2n) is 4.58. The van der Waals surface area contributed by atoms with Gasteiger partial charge < -0.3 is 11.1 Å². The van der Waals surface area contributed by atoms with Gasteiger partial charge in [0.2, 0.25) is 6.41 Å². The van der Waals surface area contributed by atoms with E-state index < -0.39 is 11.8 Å². The number of pyridine rings is 1. The second-order valence-corrected chi connectivity index (χ2v) is 4.58. The van der Waals surface area contributed by atoms with E-state index in [9.17, 15) is 14.4 Å². The molecule has 1 aromatic carbocycles. The SMILES string of the molecule is NCCCN(C=O)C(=O)C(=O)Nc1cccc2cccnc12. The Labute approximate surface area is 127 Å². The predicted octanol–water partition coefficient (Wildman–Crippen LogP) is 0.507. The average Bonchev–Trinajstić information content (AvgIpc) is 2.55. The van der Waals surface area contributed by atoms with Crippen molar-refractivity contribution in [2.45, 2.75) is 6.42 Å². The number of fused-ring (bicyclic) bond motifs is 1. The zero-order chi connectivity index (χ0) is 15.9. The summed E-state index contributed by atoms with van der Waals surface area (Å²) in [6.07, 6.45) is 2.37. The van der Waals surface area contributed by atoms with Gasteiger partial charge in [0, 0.05) is 18.1 Å². The summed E-state index contributed by atoms with van der Waals surface area (Å²) in [5.41, 5.74) is 6.32. The Morgan fingerprint density at radius 3 is 2.77 bits per heavy atom. The van der Waals surface area contributed by atoms with E-state index in [1.54, 1.807) is 24.4 Å². The first kappa shape index (κ1) is 15.6. The van der Waals surface area contributed by atoms with Crippen LogP contribution in [0.2, 0.25) is 0 Å². The lowest BCUT2D eigenvalue weighted by Gasteiger charge is -2.14. The Morgan fingerprint density at radius 2 is 2.05 bits per heavy atom. The molecule has 22 heavy (non-hydrogen) atoms. The van der Waals surface area contributed by atoms with E-state index in [1.165, 1.54) is 0 Å². The lowest BCUT2D eigenvalue weighted by Crippen LogP contribution is -2.40. The number of amides is 3. The van der Waals surface area contributed by atoms with E-state index in [1.807, 2.05) is 12.1 Å². The summed E-state index contributed by atoms with van der Waals surface area (Å²) in [7, 11) is 0. The molecule has 2 rings (SSSR count). The lowest BCUT2D eigenvalue weighted by molar-refractivity contribution is -0.146. The molecule has 0 aliphatic rings. The van der Waals surface area contributed by atoms with Crippen molar-refractivity contribution in [2.75, 3.05) is 18.4 Å². The molecule has 114 valence electrons. The van der Waals surface area contributed by atoms with E-state index >= 15 is 0 Å². The summed E-state index contributed by atoms with van der Waals surface area (Å²) < 4.78 is 0. The molecule has 0 radical (unpaired) electrons. The minimum Gasteiger partial charge on any atom is -0.330 e. The topological polar surface area (TPSA) is 105 Å². The molecule has 1 heterocycles. The Balaban J connectivity index is 2.16. The highest BCUT2D eigenvalue weighted by Crippen LogP contribution is 2.20. The maximum absolute atomic E-state index is 12.0. The van der Waals surface area contributed by atoms with Crippen molar-refractivity contribution < 1.29 is 14.4 Å². The van der Waals surface area contributed by atoms with Crippen LogP contribution < -0.4 is 11.1 Å². The summed E-state index contributed by atoms with van der Waals surface area (Å²) in [5, 5.41) is 3.33. The van der Waals surface area contributed by atoms with Crippen LogP contribution in [0.15, 0.2) is 36.5 Å². The van der Waals surface area contributed by atoms with Gasteiger partial charge in [-0.15, -0.1) is 0 Å². The molecular formula is C15H16N4O3. The molecule has 7 nitrogen and oxygen atoms in total. The maximum Gasteiger partial charge on any atom is 0.318 e. The van der Waals surface area contributed by atoms with Gasteiger partial charge in [-0.25, -0.2) is 0 Å². The molecule has 0 unspecified atom stereocenters. The molecule has 0 aliphatic heterocycles. The lowest BCUT2D eigenvalue weighted by atomic mass is 10.2. The third-order valence-electron chi connectivity index (χ3n) is 3.07. The molecule has 0 spiro atoms. The first-order valence-corrected chi connectivity index (χ1v) is 6.78. The van der Waals surface area contributed by atoms with Crippen LogP contribution in [-0.4, -0.2) is 41.2 Å². The zero-order valence-corrected chi connectivity index (χ0v) is 11.9. The van der Waals surface area contributed by atoms with Crippen molar-refractivity contribution in [1.29, 1.82) is 0 Å². The standard InChI is InChI=1S/C15H16N4O3/c16-7-3-9-19(10-20)15(22)14(21)18-12-6-1-4-11-5-2-8-17-13(11)12/h1-2,4-6,8,10H,3,7,9,16H2,(H,18,21). The third kappa shape index (κ3) is 3.44. The molecular weight excluding hydrogens is 284 g/mol. The number of nitrogens with zero attached hydrogens (tertiary/aromatic N) is 2. The minimum absolute atomic E-state index is 0.111. The van der Waals surface area contributed by atoms with Gasteiger partial charge in [0.1, 0.15) is 0 Å². The van der Waals surface area contributed by atoms with Crippen molar-refractivity contribution in [3.8, 4) is 0 Å². The molecule has 0 saturated heterocycles. The van der Waals surface area contributed by atoms with Crippen LogP contribution in [0.3, 0.4) is 0 Å². The van der Waals surface area contributed by atoms with Crippen LogP contribution >= 0.6 is 0 Å². The molecule has 1 aromatic heterocycles. The van der Waals surface area contributed by atoms with Gasteiger partial charge in [0.15, 0.2) is 0 Å². The minimum atomic E-state index is -0.920. The summed E-state index contributed by atoms with van der Waals surface area (Å²) in [6, 6.07) is 8.86. The fourth-order valence-corrected chi connectivity index (χ4v) is 1.98. The summed E-state index contributed by atoms with van der Waals surface area (Å²) in [5.74, 6) is -1.81. The van der Waals surface area contributed by atoms with Crippen LogP contribution in [0.4, 0.5) is 5.69 Å². The van der Waals surface area contributed by atoms with Crippen LogP contribution in [-0.2, 0) is 14.4 Å². The van der Waals surface area contributed by atoms with E-state index in [0.29, 0.717) is 30.6 Å². The number of hydrogen-bond acceptors (Lipinski definition) is 5. The number of carbonyl (C=O) groups excluding carboxylic acids is 3. The average molecular weight is 300 g/mol. The third-order valence-corrected chi connectivity index (χ3v) is 3.07. The van der Waals surface area contributed by atoms with E-state index in [0.717, 1.165) is 10.3 Å². The van der Waals surface area contributed by atoms with Crippen LogP contribution in [0.25, 0.3) is 10.9 Å². The Kier molecular flexibility index (Phi) is 5.16. The number of anilines is 1. The molecule has 0 saturated carbocycles. The molecule has 0 bridgehead atoms. The molecule has 0 atom stereocenters. The van der Waals surface area contributed by atoms with Gasteiger partial charge in [-0.2, -0.15) is 0 Å². The number of para-hydroxylation sites is 1. The quantitative estimate of drug-likeness (QED) is 0.618. The highest BCUT2D eigenvalue weighted by Gasteiger charge is 2.21. The smallest absolute Gasteiger partial charge is 0.318 e. The van der Waals surface area contributed by atoms with Crippen molar-refractivity contribution in [3.63, 3.8) is 0 Å². The molecule has 2 aromatic rings. The fourth-order valence-electron chi connectivity index (χ4n) is 1.98. The fraction of sp³-hybridized carbons (Fsp3) is 0.200. The number of rotatable bonds is 5. The second kappa shape index (κ2) is 7.28. The van der Waals surface area contributed by atoms with E-state index in [2.05, 4.69) is 10.3 Å². The van der Waals surface area contributed by atoms with Crippen molar-refractivity contribution in [1.82, 2.24) is 9.88 Å². The van der Waals surface area contributed by atoms with Crippen molar-refractivity contribution in [2.24, 2.45) is 5.73 Å². The summed E-state index contributed by atoms with van der Waals surface area (Å²) in [4.78, 5) is 39.8. The van der Waals surface area contributed by atoms with Crippen molar-refractivity contribution in [3.05, 3.63) is 36.5 Å². The van der Waals surface area contributed by atoms with Gasteiger partial charge in [-0.1, -0.05) is 18.2 Å². The molecule has 3 N–H and O–H groups in total. The zero-order valence-electron chi connectivity index (χ0n) is 11.9. The number of aromatic nitrogens is 1. The Hall–Kier alpha value is -2.80. The molecule has 0 aliphatic carbocycles. The highest BCUT2D eigenvalue weighted by atomic mass is 16.2. The van der Waals surface area contributed by atoms with Gasteiger partial charge in [-0.3, -0.25) is 24.3 Å². The Morgan fingerprint density at radius 1 is 1.27 bits per heavy atom. The number of hydrogen-bond donors (Lipinski definition) is 2. The van der Waals surface area contributed by atoms with Gasteiger partial charge in [0.25, 0.3) is 0 Å². The molecule has 7 heteroatoms. The van der Waals surface area contributed by atoms with Crippen LogP contribution in [0, 0.1) is 0 Å². The predicted molar refractivity (Wildman–Crippen MR) is 81.8 cm³/mol. The van der Waals surface area contributed by atoms with E-state index in [-0.39, 0.29) is 6.54 Å². The van der Waals surface area contributed by atoms with Gasteiger partial charge in [0.05, 0.1) is 11.2 Å². The largest absolute Gasteiger partial charge is 0.330 e. The number of carbonyl (C=O) groups is 3. The monoisotopic (exact) mass is 300 g/mol. The Bertz CT molecular complexity index is 697. The number of benzene rings is 1. The number of nitrogens with two attached hydrogens (primary N) is 1. The highest BCUT2D eigenvalue weighted by molar-refractivity contribution is 6.41. The van der Waals surface area contributed by atoms with E-state index in [4.69, 9.17) is 5.73 Å². The van der Waals surface area contributed by atoms with Gasteiger partial charge in [-0.05, 0) is 25.1 Å². The van der Waals surface area contributed by atoms with Gasteiger partial charge >= 0.3 is 11.8 Å². The normalized spacial score (nSPS) is 10.2. The summed E-state index contributed by atoms with van der Waals surface area (Å²) in [6.45, 7) is 0.437. The van der Waals surface area contributed by atoms with Crippen LogP contribution in [0.1, 0.15) is 6.42 Å². The number of imide groups is 1. The first-order valence-electron chi connectivity index (χ1n) is 6.78.